The van der Waals surface area contributed by atoms with E-state index in [1.165, 1.54) is 56.1 Å². The number of hydrogen-bond donors (Lipinski definition) is 0. The van der Waals surface area contributed by atoms with E-state index in [0.717, 1.165) is 0 Å². The lowest BCUT2D eigenvalue weighted by molar-refractivity contribution is -0.0922. The second-order valence-electron chi connectivity index (χ2n) is 11.5. The molecule has 0 aliphatic carbocycles. The largest absolute Gasteiger partial charge is 0.499 e. The molecule has 6 aromatic rings. The van der Waals surface area contributed by atoms with Gasteiger partial charge in [0.15, 0.2) is 0 Å². The van der Waals surface area contributed by atoms with Crippen LogP contribution in [0, 0.1) is 0 Å². The Hall–Kier alpha value is -4.60. The molecule has 2 aromatic heterocycles. The maximum absolute atomic E-state index is 6.86. The molecular weight excluding hydrogens is 604 g/mol. The summed E-state index contributed by atoms with van der Waals surface area (Å²) in [5.41, 5.74) is 4.74. The topological polar surface area (TPSA) is 65.2 Å². The number of ether oxygens (including phenoxy) is 6. The first-order valence-corrected chi connectivity index (χ1v) is 16.5. The van der Waals surface area contributed by atoms with Crippen molar-refractivity contribution in [3.05, 3.63) is 123 Å². The van der Waals surface area contributed by atoms with E-state index in [0.29, 0.717) is 65.9 Å². The smallest absolute Gasteiger partial charge is 0.111 e. The molecular formula is C40H44N2O6. The van der Waals surface area contributed by atoms with Crippen molar-refractivity contribution >= 4 is 43.6 Å². The van der Waals surface area contributed by atoms with E-state index < -0.39 is 0 Å². The number of nitrogens with zero attached hydrogens (tertiary/aromatic N) is 2. The van der Waals surface area contributed by atoms with Gasteiger partial charge in [-0.3, -0.25) is 0 Å². The molecule has 0 radical (unpaired) electrons. The molecule has 0 amide bonds. The average molecular weight is 649 g/mol. The van der Waals surface area contributed by atoms with Crippen molar-refractivity contribution < 1.29 is 28.4 Å². The van der Waals surface area contributed by atoms with Crippen LogP contribution in [0.15, 0.2) is 123 Å². The minimum absolute atomic E-state index is 0.188. The minimum Gasteiger partial charge on any atom is -0.499 e. The number of aromatic nitrogens is 2. The number of hydrogen-bond acceptors (Lipinski definition) is 6. The lowest BCUT2D eigenvalue weighted by Gasteiger charge is -2.25. The van der Waals surface area contributed by atoms with Crippen LogP contribution in [0.4, 0.5) is 0 Å². The van der Waals surface area contributed by atoms with Gasteiger partial charge in [0.05, 0.1) is 71.4 Å². The van der Waals surface area contributed by atoms with Crippen LogP contribution in [-0.4, -0.2) is 74.2 Å². The summed E-state index contributed by atoms with van der Waals surface area (Å²) in [5, 5.41) is 4.94. The molecule has 4 aromatic carbocycles. The SMILES string of the molecule is C=COCCOCCOCC(COC(Cn1c2ccccc2c2ccccc21)Cn1c2ccccc2c2ccccc21)OCCOC=C. The molecule has 2 heterocycles. The zero-order valence-electron chi connectivity index (χ0n) is 27.4. The number of fused-ring (bicyclic) bond motifs is 6. The van der Waals surface area contributed by atoms with Crippen molar-refractivity contribution in [2.45, 2.75) is 25.3 Å². The Morgan fingerprint density at radius 2 is 0.875 bits per heavy atom. The van der Waals surface area contributed by atoms with Gasteiger partial charge in [-0.2, -0.15) is 0 Å². The Balaban J connectivity index is 1.25. The first-order valence-electron chi connectivity index (χ1n) is 16.5. The van der Waals surface area contributed by atoms with E-state index in [2.05, 4.69) is 119 Å². The van der Waals surface area contributed by atoms with Gasteiger partial charge in [0.25, 0.3) is 0 Å². The first kappa shape index (κ1) is 33.3. The monoisotopic (exact) mass is 648 g/mol. The zero-order valence-corrected chi connectivity index (χ0v) is 27.4. The van der Waals surface area contributed by atoms with Gasteiger partial charge in [0.1, 0.15) is 19.3 Å². The molecule has 0 aliphatic heterocycles. The number of benzene rings is 4. The summed E-state index contributed by atoms with van der Waals surface area (Å²) in [6, 6.07) is 34.3. The second kappa shape index (κ2) is 17.0. The summed E-state index contributed by atoms with van der Waals surface area (Å²) in [4.78, 5) is 0. The fraction of sp³-hybridized carbons (Fsp3) is 0.300. The Bertz CT molecular complexity index is 1710. The number of rotatable bonds is 21. The van der Waals surface area contributed by atoms with Gasteiger partial charge in [-0.05, 0) is 24.3 Å². The van der Waals surface area contributed by atoms with E-state index >= 15 is 0 Å². The summed E-state index contributed by atoms with van der Waals surface area (Å²) >= 11 is 0. The third-order valence-corrected chi connectivity index (χ3v) is 8.46. The van der Waals surface area contributed by atoms with Gasteiger partial charge >= 0.3 is 0 Å². The third-order valence-electron chi connectivity index (χ3n) is 8.46. The Kier molecular flexibility index (Phi) is 11.8. The van der Waals surface area contributed by atoms with Crippen LogP contribution in [0.3, 0.4) is 0 Å². The Morgan fingerprint density at radius 3 is 1.35 bits per heavy atom. The molecule has 250 valence electrons. The van der Waals surface area contributed by atoms with Crippen molar-refractivity contribution in [1.29, 1.82) is 0 Å². The quantitative estimate of drug-likeness (QED) is 0.0588. The lowest BCUT2D eigenvalue weighted by Crippen LogP contribution is -2.33. The van der Waals surface area contributed by atoms with E-state index in [1.807, 2.05) is 0 Å². The van der Waals surface area contributed by atoms with Crippen LogP contribution in [0.1, 0.15) is 0 Å². The second-order valence-corrected chi connectivity index (χ2v) is 11.5. The predicted molar refractivity (Wildman–Crippen MR) is 192 cm³/mol. The highest BCUT2D eigenvalue weighted by Gasteiger charge is 2.21. The van der Waals surface area contributed by atoms with E-state index in [1.54, 1.807) is 0 Å². The molecule has 0 N–H and O–H groups in total. The standard InChI is InChI=1S/C40H44N2O6/c1-3-43-21-22-45-23-24-46-29-32(47-26-25-44-4-2)30-48-31(27-41-37-17-9-5-13-33(37)34-14-6-10-18-38(34)41)28-42-39-19-11-7-15-35(39)36-16-8-12-20-40(36)42/h3-20,31-32H,1-2,21-30H2. The van der Waals surface area contributed by atoms with Gasteiger partial charge in [0, 0.05) is 43.6 Å². The van der Waals surface area contributed by atoms with Crippen LogP contribution in [0.2, 0.25) is 0 Å². The molecule has 0 bridgehead atoms. The summed E-state index contributed by atoms with van der Waals surface area (Å²) in [6.07, 6.45) is 2.34. The van der Waals surface area contributed by atoms with Crippen LogP contribution >= 0.6 is 0 Å². The molecule has 6 rings (SSSR count). The average Bonchev–Trinajstić information content (AvgIpc) is 3.62. The lowest BCUT2D eigenvalue weighted by atomic mass is 10.2. The van der Waals surface area contributed by atoms with Crippen LogP contribution in [0.5, 0.6) is 0 Å². The zero-order chi connectivity index (χ0) is 33.0. The van der Waals surface area contributed by atoms with E-state index in [4.69, 9.17) is 28.4 Å². The maximum atomic E-state index is 6.86. The highest BCUT2D eigenvalue weighted by atomic mass is 16.6. The molecule has 0 saturated carbocycles. The Labute approximate surface area is 281 Å². The van der Waals surface area contributed by atoms with Crippen LogP contribution < -0.4 is 0 Å². The van der Waals surface area contributed by atoms with Gasteiger partial charge in [-0.25, -0.2) is 0 Å². The van der Waals surface area contributed by atoms with Crippen molar-refractivity contribution in [2.75, 3.05) is 52.9 Å². The van der Waals surface area contributed by atoms with Crippen LogP contribution in [0.25, 0.3) is 43.6 Å². The highest BCUT2D eigenvalue weighted by Crippen LogP contribution is 2.32. The summed E-state index contributed by atoms with van der Waals surface area (Å²) in [7, 11) is 0. The normalized spacial score (nSPS) is 12.4. The molecule has 1 unspecified atom stereocenters. The fourth-order valence-electron chi connectivity index (χ4n) is 6.33. The minimum atomic E-state index is -0.304. The van der Waals surface area contributed by atoms with Crippen molar-refractivity contribution in [3.8, 4) is 0 Å². The van der Waals surface area contributed by atoms with Crippen LogP contribution in [-0.2, 0) is 41.5 Å². The molecule has 8 heteroatoms. The highest BCUT2D eigenvalue weighted by molar-refractivity contribution is 6.08. The maximum Gasteiger partial charge on any atom is 0.111 e. The number of para-hydroxylation sites is 4. The van der Waals surface area contributed by atoms with Crippen molar-refractivity contribution in [1.82, 2.24) is 9.13 Å². The molecule has 0 spiro atoms. The van der Waals surface area contributed by atoms with Gasteiger partial charge in [-0.1, -0.05) is 86.0 Å². The molecule has 48 heavy (non-hydrogen) atoms. The molecule has 0 fully saturated rings. The summed E-state index contributed by atoms with van der Waals surface area (Å²) in [5.74, 6) is 0. The van der Waals surface area contributed by atoms with E-state index in [-0.39, 0.29) is 12.2 Å². The van der Waals surface area contributed by atoms with Crippen molar-refractivity contribution in [3.63, 3.8) is 0 Å². The Morgan fingerprint density at radius 1 is 0.458 bits per heavy atom. The molecule has 0 aliphatic rings. The summed E-state index contributed by atoms with van der Waals surface area (Å²) in [6.45, 7) is 11.8. The predicted octanol–water partition coefficient (Wildman–Crippen LogP) is 7.73. The molecule has 1 atom stereocenters. The van der Waals surface area contributed by atoms with Gasteiger partial charge in [-0.15, -0.1) is 0 Å². The third kappa shape index (κ3) is 7.91. The fourth-order valence-corrected chi connectivity index (χ4v) is 6.33. The van der Waals surface area contributed by atoms with E-state index in [9.17, 15) is 0 Å². The first-order chi connectivity index (χ1) is 23.8. The molecule has 8 nitrogen and oxygen atoms in total. The van der Waals surface area contributed by atoms with Crippen molar-refractivity contribution in [2.24, 2.45) is 0 Å². The summed E-state index contributed by atoms with van der Waals surface area (Å²) < 4.78 is 39.8. The molecule has 0 saturated heterocycles. The van der Waals surface area contributed by atoms with Gasteiger partial charge in [0.2, 0.25) is 0 Å². The van der Waals surface area contributed by atoms with Gasteiger partial charge < -0.3 is 37.6 Å².